The van der Waals surface area contributed by atoms with Crippen molar-refractivity contribution in [2.24, 2.45) is 0 Å². The van der Waals surface area contributed by atoms with Gasteiger partial charge in [-0.2, -0.15) is 0 Å². The summed E-state index contributed by atoms with van der Waals surface area (Å²) in [5, 5.41) is 3.50. The lowest BCUT2D eigenvalue weighted by Gasteiger charge is -2.26. The summed E-state index contributed by atoms with van der Waals surface area (Å²) in [7, 11) is 0. The Morgan fingerprint density at radius 1 is 1.16 bits per heavy atom. The molecule has 3 heteroatoms. The van der Waals surface area contributed by atoms with Crippen LogP contribution in [0.4, 0.5) is 0 Å². The predicted molar refractivity (Wildman–Crippen MR) is 77.3 cm³/mol. The summed E-state index contributed by atoms with van der Waals surface area (Å²) < 4.78 is 10.8. The lowest BCUT2D eigenvalue weighted by Crippen LogP contribution is -2.37. The first-order chi connectivity index (χ1) is 9.03. The van der Waals surface area contributed by atoms with Crippen LogP contribution in [0.1, 0.15) is 31.9 Å². The first kappa shape index (κ1) is 14.5. The molecule has 0 atom stereocenters. The molecule has 1 aliphatic rings. The average Bonchev–Trinajstić information content (AvgIpc) is 2.27. The molecule has 19 heavy (non-hydrogen) atoms. The van der Waals surface area contributed by atoms with Gasteiger partial charge in [0.15, 0.2) is 0 Å². The maximum atomic E-state index is 5.69. The molecule has 3 nitrogen and oxygen atoms in total. The Balaban J connectivity index is 1.71. The summed E-state index contributed by atoms with van der Waals surface area (Å²) in [4.78, 5) is 0. The molecule has 0 aliphatic carbocycles. The summed E-state index contributed by atoms with van der Waals surface area (Å²) in [6.07, 6.45) is 1.37. The molecule has 0 saturated carbocycles. The highest BCUT2D eigenvalue weighted by Gasteiger charge is 2.18. The molecular weight excluding hydrogens is 238 g/mol. The number of nitrogens with one attached hydrogen (secondary N) is 1. The van der Waals surface area contributed by atoms with Crippen LogP contribution in [0.15, 0.2) is 24.3 Å². The Kier molecular flexibility index (Phi) is 4.97. The van der Waals surface area contributed by atoms with Gasteiger partial charge in [-0.3, -0.25) is 0 Å². The highest BCUT2D eigenvalue weighted by atomic mass is 16.6. The smallest absolute Gasteiger partial charge is 0.105 e. The van der Waals surface area contributed by atoms with Gasteiger partial charge in [-0.05, 0) is 44.9 Å². The highest BCUT2D eigenvalue weighted by Crippen LogP contribution is 2.11. The van der Waals surface area contributed by atoms with Crippen LogP contribution < -0.4 is 5.32 Å². The summed E-state index contributed by atoms with van der Waals surface area (Å²) in [6.45, 7) is 9.77. The molecule has 0 radical (unpaired) electrons. The van der Waals surface area contributed by atoms with Gasteiger partial charge < -0.3 is 14.8 Å². The van der Waals surface area contributed by atoms with E-state index in [1.54, 1.807) is 0 Å². The van der Waals surface area contributed by atoms with E-state index in [2.05, 4.69) is 50.4 Å². The van der Waals surface area contributed by atoms with Crippen molar-refractivity contribution in [3.8, 4) is 0 Å². The zero-order valence-corrected chi connectivity index (χ0v) is 12.2. The van der Waals surface area contributed by atoms with E-state index < -0.39 is 0 Å². The zero-order chi connectivity index (χ0) is 13.7. The van der Waals surface area contributed by atoms with Gasteiger partial charge in [-0.1, -0.05) is 24.3 Å². The standard InChI is InChI=1S/C16H25NO2/c1-16(2,3)17-9-8-13-4-6-14(7-5-13)10-19-15-11-18-12-15/h4-7,15,17H,8-12H2,1-3H3. The molecule has 1 heterocycles. The fraction of sp³-hybridized carbons (Fsp3) is 0.625. The van der Waals surface area contributed by atoms with Crippen molar-refractivity contribution in [3.63, 3.8) is 0 Å². The van der Waals surface area contributed by atoms with E-state index in [-0.39, 0.29) is 5.54 Å². The Morgan fingerprint density at radius 3 is 2.32 bits per heavy atom. The van der Waals surface area contributed by atoms with Crippen LogP contribution in [-0.2, 0) is 22.5 Å². The molecule has 1 aliphatic heterocycles. The van der Waals surface area contributed by atoms with Crippen LogP contribution in [-0.4, -0.2) is 31.4 Å². The number of benzene rings is 1. The molecule has 0 unspecified atom stereocenters. The fourth-order valence-corrected chi connectivity index (χ4v) is 1.91. The Bertz CT molecular complexity index is 377. The molecule has 0 bridgehead atoms. The monoisotopic (exact) mass is 263 g/mol. The SMILES string of the molecule is CC(C)(C)NCCc1ccc(COC2COC2)cc1. The number of ether oxygens (including phenoxy) is 2. The fourth-order valence-electron chi connectivity index (χ4n) is 1.91. The molecule has 1 N–H and O–H groups in total. The molecule has 0 spiro atoms. The Morgan fingerprint density at radius 2 is 1.79 bits per heavy atom. The van der Waals surface area contributed by atoms with Gasteiger partial charge in [-0.25, -0.2) is 0 Å². The second-order valence-electron chi connectivity index (χ2n) is 6.21. The van der Waals surface area contributed by atoms with Crippen LogP contribution >= 0.6 is 0 Å². The van der Waals surface area contributed by atoms with Crippen molar-refractivity contribution >= 4 is 0 Å². The van der Waals surface area contributed by atoms with Crippen molar-refractivity contribution < 1.29 is 9.47 Å². The predicted octanol–water partition coefficient (Wildman–Crippen LogP) is 2.53. The van der Waals surface area contributed by atoms with Gasteiger partial charge >= 0.3 is 0 Å². The van der Waals surface area contributed by atoms with E-state index in [9.17, 15) is 0 Å². The largest absolute Gasteiger partial charge is 0.376 e. The van der Waals surface area contributed by atoms with Crippen molar-refractivity contribution in [3.05, 3.63) is 35.4 Å². The minimum absolute atomic E-state index is 0.193. The third-order valence-electron chi connectivity index (χ3n) is 3.19. The summed E-state index contributed by atoms with van der Waals surface area (Å²) in [5.41, 5.74) is 2.80. The van der Waals surface area contributed by atoms with Gasteiger partial charge in [0, 0.05) is 5.54 Å². The molecule has 0 amide bonds. The van der Waals surface area contributed by atoms with Gasteiger partial charge in [0.25, 0.3) is 0 Å². The lowest BCUT2D eigenvalue weighted by atomic mass is 10.1. The number of rotatable bonds is 6. The Hall–Kier alpha value is -0.900. The highest BCUT2D eigenvalue weighted by molar-refractivity contribution is 5.22. The van der Waals surface area contributed by atoms with E-state index in [1.165, 1.54) is 11.1 Å². The molecule has 1 aromatic rings. The molecule has 106 valence electrons. The van der Waals surface area contributed by atoms with Crippen molar-refractivity contribution in [1.29, 1.82) is 0 Å². The van der Waals surface area contributed by atoms with Gasteiger partial charge in [0.05, 0.1) is 19.8 Å². The second-order valence-corrected chi connectivity index (χ2v) is 6.21. The molecule has 0 aromatic heterocycles. The summed E-state index contributed by atoms with van der Waals surface area (Å²) in [6, 6.07) is 8.71. The topological polar surface area (TPSA) is 30.5 Å². The third-order valence-corrected chi connectivity index (χ3v) is 3.19. The van der Waals surface area contributed by atoms with Gasteiger partial charge in [0.1, 0.15) is 6.10 Å². The van der Waals surface area contributed by atoms with Crippen LogP contribution in [0.2, 0.25) is 0 Å². The van der Waals surface area contributed by atoms with E-state index >= 15 is 0 Å². The summed E-state index contributed by atoms with van der Waals surface area (Å²) >= 11 is 0. The third kappa shape index (κ3) is 5.31. The molecule has 1 saturated heterocycles. The minimum atomic E-state index is 0.193. The average molecular weight is 263 g/mol. The van der Waals surface area contributed by atoms with Gasteiger partial charge in [-0.15, -0.1) is 0 Å². The zero-order valence-electron chi connectivity index (χ0n) is 12.2. The van der Waals surface area contributed by atoms with Gasteiger partial charge in [0.2, 0.25) is 0 Å². The lowest BCUT2D eigenvalue weighted by molar-refractivity contribution is -0.135. The maximum absolute atomic E-state index is 5.69. The van der Waals surface area contributed by atoms with Crippen LogP contribution in [0.3, 0.4) is 0 Å². The van der Waals surface area contributed by atoms with Crippen molar-refractivity contribution in [1.82, 2.24) is 5.32 Å². The quantitative estimate of drug-likeness (QED) is 0.855. The first-order valence-electron chi connectivity index (χ1n) is 7.05. The number of hydrogen-bond acceptors (Lipinski definition) is 3. The maximum Gasteiger partial charge on any atom is 0.105 e. The normalized spacial score (nSPS) is 16.4. The molecule has 1 aromatic carbocycles. The van der Waals surface area contributed by atoms with E-state index in [0.717, 1.165) is 26.2 Å². The van der Waals surface area contributed by atoms with Crippen molar-refractivity contribution in [2.45, 2.75) is 45.4 Å². The van der Waals surface area contributed by atoms with E-state index in [4.69, 9.17) is 9.47 Å². The Labute approximate surface area is 116 Å². The molecular formula is C16H25NO2. The first-order valence-corrected chi connectivity index (χ1v) is 7.05. The minimum Gasteiger partial charge on any atom is -0.376 e. The van der Waals surface area contributed by atoms with E-state index in [1.807, 2.05) is 0 Å². The number of hydrogen-bond donors (Lipinski definition) is 1. The van der Waals surface area contributed by atoms with E-state index in [0.29, 0.717) is 12.7 Å². The second kappa shape index (κ2) is 6.51. The molecule has 2 rings (SSSR count). The van der Waals surface area contributed by atoms with Crippen molar-refractivity contribution in [2.75, 3.05) is 19.8 Å². The summed E-state index contributed by atoms with van der Waals surface area (Å²) in [5.74, 6) is 0. The van der Waals surface area contributed by atoms with Crippen LogP contribution in [0.5, 0.6) is 0 Å². The van der Waals surface area contributed by atoms with Crippen LogP contribution in [0.25, 0.3) is 0 Å². The van der Waals surface area contributed by atoms with Crippen LogP contribution in [0, 0.1) is 0 Å². The molecule has 1 fully saturated rings.